The second kappa shape index (κ2) is 6.88. The summed E-state index contributed by atoms with van der Waals surface area (Å²) < 4.78 is 53.6. The number of carbonyl (C=O) groups excluding carboxylic acids is 2. The van der Waals surface area contributed by atoms with Gasteiger partial charge in [0.25, 0.3) is 0 Å². The van der Waals surface area contributed by atoms with E-state index in [0.29, 0.717) is 22.3 Å². The highest BCUT2D eigenvalue weighted by molar-refractivity contribution is 6.31. The number of nitrogens with one attached hydrogen (secondary N) is 2. The molecule has 0 spiro atoms. The Labute approximate surface area is 153 Å². The van der Waals surface area contributed by atoms with Crippen molar-refractivity contribution >= 4 is 45.8 Å². The maximum Gasteiger partial charge on any atom is 0.491 e. The van der Waals surface area contributed by atoms with Crippen LogP contribution in [0.5, 0.6) is 0 Å². The Bertz CT molecular complexity index is 1050. The van der Waals surface area contributed by atoms with Gasteiger partial charge in [0.15, 0.2) is 0 Å². The number of hydrogen-bond donors (Lipinski definition) is 2. The maximum absolute atomic E-state index is 13.2. The minimum atomic E-state index is -5.29. The van der Waals surface area contributed by atoms with Crippen LogP contribution >= 0.6 is 11.6 Å². The number of rotatable bonds is 3. The van der Waals surface area contributed by atoms with Gasteiger partial charge in [0.1, 0.15) is 11.5 Å². The largest absolute Gasteiger partial charge is 0.491 e. The Morgan fingerprint density at radius 2 is 1.93 bits per heavy atom. The van der Waals surface area contributed by atoms with Gasteiger partial charge in [-0.3, -0.25) is 4.98 Å². The Balaban J connectivity index is 1.89. The molecule has 0 fully saturated rings. The third-order valence-electron chi connectivity index (χ3n) is 3.38. The van der Waals surface area contributed by atoms with Crippen LogP contribution < -0.4 is 5.32 Å². The molecule has 2 heterocycles. The lowest BCUT2D eigenvalue weighted by Gasteiger charge is -2.07. The first-order valence-electron chi connectivity index (χ1n) is 7.17. The van der Waals surface area contributed by atoms with Crippen LogP contribution in [0.15, 0.2) is 36.7 Å². The second-order valence-electron chi connectivity index (χ2n) is 5.26. The molecule has 1 aromatic carbocycles. The van der Waals surface area contributed by atoms with Crippen molar-refractivity contribution < 1.29 is 31.9 Å². The monoisotopic (exact) mass is 401 g/mol. The smallest absolute Gasteiger partial charge is 0.382 e. The topological polar surface area (TPSA) is 84.1 Å². The molecule has 0 saturated carbocycles. The summed E-state index contributed by atoms with van der Waals surface area (Å²) in [7, 11) is 0. The predicted octanol–water partition coefficient (Wildman–Crippen LogP) is 4.34. The van der Waals surface area contributed by atoms with E-state index in [-0.39, 0.29) is 10.7 Å². The van der Waals surface area contributed by atoms with E-state index < -0.39 is 23.9 Å². The second-order valence-corrected chi connectivity index (χ2v) is 5.67. The van der Waals surface area contributed by atoms with Gasteiger partial charge in [-0.2, -0.15) is 13.2 Å². The van der Waals surface area contributed by atoms with Crippen LogP contribution in [0.4, 0.5) is 28.9 Å². The van der Waals surface area contributed by atoms with Gasteiger partial charge in [-0.15, -0.1) is 0 Å². The number of H-pyrrole nitrogens is 1. The number of anilines is 2. The molecule has 0 amide bonds. The summed E-state index contributed by atoms with van der Waals surface area (Å²) in [4.78, 5) is 29.0. The fourth-order valence-electron chi connectivity index (χ4n) is 2.19. The van der Waals surface area contributed by atoms with Gasteiger partial charge in [-0.1, -0.05) is 11.6 Å². The maximum atomic E-state index is 13.2. The van der Waals surface area contributed by atoms with Crippen LogP contribution in [0.1, 0.15) is 10.5 Å². The average Bonchev–Trinajstić information content (AvgIpc) is 3.03. The van der Waals surface area contributed by atoms with Crippen molar-refractivity contribution in [1.82, 2.24) is 9.97 Å². The normalized spacial score (nSPS) is 11.4. The van der Waals surface area contributed by atoms with Gasteiger partial charge in [0, 0.05) is 11.1 Å². The molecule has 0 aliphatic heterocycles. The van der Waals surface area contributed by atoms with Gasteiger partial charge in [0.05, 0.1) is 28.6 Å². The third-order valence-corrected chi connectivity index (χ3v) is 3.67. The van der Waals surface area contributed by atoms with Crippen molar-refractivity contribution in [2.75, 3.05) is 5.32 Å². The van der Waals surface area contributed by atoms with Crippen molar-refractivity contribution in [3.8, 4) is 0 Å². The fourth-order valence-corrected chi connectivity index (χ4v) is 2.37. The number of halogens is 5. The average molecular weight is 402 g/mol. The number of nitrogens with zero attached hydrogens (tertiary/aromatic N) is 1. The molecule has 0 bridgehead atoms. The summed E-state index contributed by atoms with van der Waals surface area (Å²) in [5.74, 6) is -4.73. The highest BCUT2D eigenvalue weighted by atomic mass is 35.5. The first-order valence-corrected chi connectivity index (χ1v) is 7.55. The zero-order valence-corrected chi connectivity index (χ0v) is 13.8. The Morgan fingerprint density at radius 1 is 1.19 bits per heavy atom. The lowest BCUT2D eigenvalue weighted by molar-refractivity contribution is -0.193. The molecular weight excluding hydrogens is 394 g/mol. The number of carbonyl (C=O) groups is 2. The molecule has 2 N–H and O–H groups in total. The zero-order valence-electron chi connectivity index (χ0n) is 13.0. The molecule has 0 aliphatic rings. The molecular formula is C16H8ClF4N3O3. The lowest BCUT2D eigenvalue weighted by atomic mass is 10.2. The Hall–Kier alpha value is -3.14. The Morgan fingerprint density at radius 3 is 2.59 bits per heavy atom. The van der Waals surface area contributed by atoms with E-state index in [2.05, 4.69) is 20.0 Å². The van der Waals surface area contributed by atoms with E-state index in [1.165, 1.54) is 30.6 Å². The summed E-state index contributed by atoms with van der Waals surface area (Å²) in [6.07, 6.45) is -2.60. The molecule has 140 valence electrons. The van der Waals surface area contributed by atoms with Crippen LogP contribution in [0, 0.1) is 5.82 Å². The molecule has 0 atom stereocenters. The SMILES string of the molecule is O=C(OC(=O)C(F)(F)F)c1cc2c(Nc3ccc(F)c(Cl)c3)cncc2[nH]1. The molecule has 0 radical (unpaired) electrons. The molecule has 2 aromatic heterocycles. The van der Waals surface area contributed by atoms with E-state index in [0.717, 1.165) is 6.07 Å². The van der Waals surface area contributed by atoms with E-state index in [1.807, 2.05) is 0 Å². The van der Waals surface area contributed by atoms with Gasteiger partial charge >= 0.3 is 18.1 Å². The lowest BCUT2D eigenvalue weighted by Crippen LogP contribution is -2.28. The Kier molecular flexibility index (Phi) is 4.75. The van der Waals surface area contributed by atoms with Crippen LogP contribution in [0.2, 0.25) is 5.02 Å². The standard InChI is InChI=1S/C16H8ClF4N3O3/c17-9-3-7(1-2-10(9)18)23-12-5-22-6-13-8(12)4-11(24-13)14(25)27-15(26)16(19,20)21/h1-6,23-24H. The van der Waals surface area contributed by atoms with Crippen molar-refractivity contribution in [1.29, 1.82) is 0 Å². The van der Waals surface area contributed by atoms with Crippen molar-refractivity contribution in [2.45, 2.75) is 6.18 Å². The first-order chi connectivity index (χ1) is 12.6. The van der Waals surface area contributed by atoms with Crippen molar-refractivity contribution in [2.24, 2.45) is 0 Å². The first kappa shape index (κ1) is 18.6. The van der Waals surface area contributed by atoms with Gasteiger partial charge in [-0.25, -0.2) is 14.0 Å². The van der Waals surface area contributed by atoms with E-state index in [9.17, 15) is 27.2 Å². The zero-order chi connectivity index (χ0) is 19.8. The minimum absolute atomic E-state index is 0.121. The summed E-state index contributed by atoms with van der Waals surface area (Å²) in [5, 5.41) is 3.15. The van der Waals surface area contributed by atoms with E-state index in [1.54, 1.807) is 0 Å². The molecule has 6 nitrogen and oxygen atoms in total. The summed E-state index contributed by atoms with van der Waals surface area (Å²) >= 11 is 5.71. The van der Waals surface area contributed by atoms with E-state index in [4.69, 9.17) is 11.6 Å². The molecule has 0 saturated heterocycles. The quantitative estimate of drug-likeness (QED) is 0.387. The number of aromatic amines is 1. The highest BCUT2D eigenvalue weighted by Gasteiger charge is 2.42. The molecule has 0 unspecified atom stereocenters. The number of alkyl halides is 3. The molecule has 27 heavy (non-hydrogen) atoms. The summed E-state index contributed by atoms with van der Waals surface area (Å²) in [6, 6.07) is 5.06. The van der Waals surface area contributed by atoms with Crippen LogP contribution in [-0.2, 0) is 9.53 Å². The predicted molar refractivity (Wildman–Crippen MR) is 87.3 cm³/mol. The van der Waals surface area contributed by atoms with Gasteiger partial charge < -0.3 is 15.0 Å². The highest BCUT2D eigenvalue weighted by Crippen LogP contribution is 2.28. The minimum Gasteiger partial charge on any atom is -0.382 e. The number of aromatic nitrogens is 2. The number of fused-ring (bicyclic) bond motifs is 1. The number of ether oxygens (including phenoxy) is 1. The third kappa shape index (κ3) is 4.00. The van der Waals surface area contributed by atoms with E-state index >= 15 is 0 Å². The molecule has 0 aliphatic carbocycles. The van der Waals surface area contributed by atoms with Gasteiger partial charge in [0.2, 0.25) is 0 Å². The van der Waals surface area contributed by atoms with Crippen LogP contribution in [0.3, 0.4) is 0 Å². The van der Waals surface area contributed by atoms with Crippen molar-refractivity contribution in [3.63, 3.8) is 0 Å². The molecule has 3 rings (SSSR count). The number of benzene rings is 1. The summed E-state index contributed by atoms with van der Waals surface area (Å²) in [6.45, 7) is 0. The fraction of sp³-hybridized carbons (Fsp3) is 0.0625. The molecule has 11 heteroatoms. The molecule has 3 aromatic rings. The van der Waals surface area contributed by atoms with Crippen LogP contribution in [0.25, 0.3) is 10.9 Å². The number of esters is 2. The van der Waals surface area contributed by atoms with Crippen LogP contribution in [-0.4, -0.2) is 28.1 Å². The van der Waals surface area contributed by atoms with Crippen molar-refractivity contribution in [3.05, 3.63) is 53.2 Å². The van der Waals surface area contributed by atoms with Gasteiger partial charge in [-0.05, 0) is 24.3 Å². The number of hydrogen-bond acceptors (Lipinski definition) is 5. The number of pyridine rings is 1. The summed E-state index contributed by atoms with van der Waals surface area (Å²) in [5.41, 5.74) is 0.677.